The Kier molecular flexibility index (Phi) is 5.43. The van der Waals surface area contributed by atoms with Crippen molar-refractivity contribution in [1.82, 2.24) is 9.55 Å². The molecular formula is C20H20BrF2N3O2. The predicted molar refractivity (Wildman–Crippen MR) is 107 cm³/mol. The Balaban J connectivity index is 2.01. The molecule has 0 unspecified atom stereocenters. The van der Waals surface area contributed by atoms with Crippen molar-refractivity contribution in [3.63, 3.8) is 0 Å². The van der Waals surface area contributed by atoms with E-state index in [2.05, 4.69) is 26.2 Å². The molecule has 0 saturated heterocycles. The topological polar surface area (TPSA) is 56.2 Å². The Morgan fingerprint density at radius 3 is 2.54 bits per heavy atom. The highest BCUT2D eigenvalue weighted by atomic mass is 79.9. The monoisotopic (exact) mass is 451 g/mol. The summed E-state index contributed by atoms with van der Waals surface area (Å²) in [6.07, 6.45) is 1.01. The third-order valence-electron chi connectivity index (χ3n) is 3.95. The number of nitrogens with one attached hydrogen (secondary N) is 1. The van der Waals surface area contributed by atoms with Gasteiger partial charge in [0, 0.05) is 34.2 Å². The minimum Gasteiger partial charge on any atom is -0.443 e. The van der Waals surface area contributed by atoms with Gasteiger partial charge in [-0.15, -0.1) is 0 Å². The number of fused-ring (bicyclic) bond motifs is 1. The zero-order valence-electron chi connectivity index (χ0n) is 15.9. The number of hydrogen-bond donors (Lipinski definition) is 1. The van der Waals surface area contributed by atoms with Crippen molar-refractivity contribution >= 4 is 38.7 Å². The third-order valence-corrected chi connectivity index (χ3v) is 4.55. The molecule has 2 aromatic heterocycles. The zero-order chi connectivity index (χ0) is 20.6. The van der Waals surface area contributed by atoms with Crippen LogP contribution in [-0.2, 0) is 11.3 Å². The van der Waals surface area contributed by atoms with Crippen molar-refractivity contribution in [1.29, 1.82) is 0 Å². The van der Waals surface area contributed by atoms with Gasteiger partial charge in [0.1, 0.15) is 17.2 Å². The average Bonchev–Trinajstić information content (AvgIpc) is 2.89. The van der Waals surface area contributed by atoms with E-state index in [-0.39, 0.29) is 12.1 Å². The second kappa shape index (κ2) is 7.50. The number of rotatable bonds is 3. The molecule has 5 nitrogen and oxygen atoms in total. The molecule has 0 spiro atoms. The lowest BCUT2D eigenvalue weighted by Gasteiger charge is -2.19. The first kappa shape index (κ1) is 20.3. The Morgan fingerprint density at radius 1 is 1.29 bits per heavy atom. The summed E-state index contributed by atoms with van der Waals surface area (Å²) in [6.45, 7) is 7.05. The number of aromatic nitrogens is 2. The number of benzene rings is 1. The summed E-state index contributed by atoms with van der Waals surface area (Å²) in [4.78, 5) is 17.0. The quantitative estimate of drug-likeness (QED) is 0.548. The van der Waals surface area contributed by atoms with E-state index in [1.165, 1.54) is 22.8 Å². The van der Waals surface area contributed by atoms with Gasteiger partial charge in [0.2, 0.25) is 0 Å². The molecule has 28 heavy (non-hydrogen) atoms. The number of anilines is 1. The minimum atomic E-state index is -0.659. The second-order valence-electron chi connectivity index (χ2n) is 7.39. The molecule has 0 amide bonds. The second-order valence-corrected chi connectivity index (χ2v) is 8.25. The van der Waals surface area contributed by atoms with Crippen LogP contribution in [0.3, 0.4) is 0 Å². The van der Waals surface area contributed by atoms with Crippen LogP contribution in [0, 0.1) is 18.6 Å². The highest BCUT2D eigenvalue weighted by Crippen LogP contribution is 2.33. The van der Waals surface area contributed by atoms with E-state index in [1.54, 1.807) is 40.0 Å². The van der Waals surface area contributed by atoms with Crippen LogP contribution in [0.15, 0.2) is 34.9 Å². The maximum atomic E-state index is 13.9. The number of carbonyl (C=O) groups is 1. The summed E-state index contributed by atoms with van der Waals surface area (Å²) in [7, 11) is 0. The van der Waals surface area contributed by atoms with Crippen LogP contribution in [0.25, 0.3) is 11.0 Å². The summed E-state index contributed by atoms with van der Waals surface area (Å²) in [5.74, 6) is -1.25. The largest absolute Gasteiger partial charge is 0.443 e. The van der Waals surface area contributed by atoms with Crippen molar-refractivity contribution < 1.29 is 18.3 Å². The van der Waals surface area contributed by atoms with Crippen LogP contribution < -0.4 is 5.32 Å². The first-order chi connectivity index (χ1) is 13.1. The van der Waals surface area contributed by atoms with Crippen molar-refractivity contribution in [2.75, 3.05) is 5.32 Å². The number of pyridine rings is 1. The average molecular weight is 452 g/mol. The number of halogens is 3. The number of ether oxygens (including phenoxy) is 1. The summed E-state index contributed by atoms with van der Waals surface area (Å²) in [5.41, 5.74) is 0.900. The minimum absolute atomic E-state index is 0.0544. The molecule has 0 aliphatic rings. The summed E-state index contributed by atoms with van der Waals surface area (Å²) in [6, 6.07) is 5.50. The van der Waals surface area contributed by atoms with Crippen molar-refractivity contribution in [3.8, 4) is 0 Å². The van der Waals surface area contributed by atoms with Gasteiger partial charge in [-0.1, -0.05) is 6.07 Å². The molecule has 0 aliphatic heterocycles. The predicted octanol–water partition coefficient (Wildman–Crippen LogP) is 5.78. The molecule has 3 rings (SSSR count). The lowest BCUT2D eigenvalue weighted by atomic mass is 10.2. The van der Waals surface area contributed by atoms with Crippen LogP contribution in [0.2, 0.25) is 0 Å². The van der Waals surface area contributed by atoms with Crippen LogP contribution in [-0.4, -0.2) is 21.2 Å². The highest BCUT2D eigenvalue weighted by Gasteiger charge is 2.23. The third kappa shape index (κ3) is 4.16. The molecule has 8 heteroatoms. The zero-order valence-corrected chi connectivity index (χ0v) is 17.5. The number of nitrogens with zero attached hydrogens (tertiary/aromatic N) is 2. The number of carbonyl (C=O) groups excluding carboxylic acids is 1. The number of aryl methyl sites for hydroxylation is 1. The Hall–Kier alpha value is -2.48. The van der Waals surface area contributed by atoms with Gasteiger partial charge < -0.3 is 10.1 Å². The molecule has 0 radical (unpaired) electrons. The molecule has 0 bridgehead atoms. The van der Waals surface area contributed by atoms with Gasteiger partial charge in [0.25, 0.3) is 0 Å². The van der Waals surface area contributed by atoms with E-state index in [9.17, 15) is 13.6 Å². The van der Waals surface area contributed by atoms with Gasteiger partial charge in [0.05, 0.1) is 5.39 Å². The molecule has 0 atom stereocenters. The molecule has 0 aliphatic carbocycles. The van der Waals surface area contributed by atoms with Crippen LogP contribution in [0.5, 0.6) is 0 Å². The van der Waals surface area contributed by atoms with Gasteiger partial charge in [-0.05, 0) is 61.8 Å². The van der Waals surface area contributed by atoms with Crippen LogP contribution in [0.1, 0.15) is 32.0 Å². The fourth-order valence-corrected chi connectivity index (χ4v) is 3.38. The first-order valence-corrected chi connectivity index (χ1v) is 9.44. The van der Waals surface area contributed by atoms with E-state index in [0.29, 0.717) is 26.9 Å². The molecule has 1 N–H and O–H groups in total. The Bertz CT molecular complexity index is 1040. The van der Waals surface area contributed by atoms with Gasteiger partial charge in [-0.25, -0.2) is 23.1 Å². The van der Waals surface area contributed by atoms with E-state index >= 15 is 0 Å². The van der Waals surface area contributed by atoms with E-state index in [4.69, 9.17) is 4.74 Å². The van der Waals surface area contributed by atoms with Crippen molar-refractivity contribution in [3.05, 3.63) is 57.8 Å². The molecular weight excluding hydrogens is 432 g/mol. The highest BCUT2D eigenvalue weighted by molar-refractivity contribution is 9.10. The fraction of sp³-hybridized carbons (Fsp3) is 0.300. The standard InChI is InChI=1S/C20H20BrF2N3O2/c1-11-8-16(24-9-12-14(22)6-5-7-15(12)23)17-13(21)10-26(18(17)25-11)19(27)28-20(2,3)4/h5-8,10H,9H2,1-4H3,(H,24,25). The van der Waals surface area contributed by atoms with E-state index in [1.807, 2.05) is 0 Å². The summed E-state index contributed by atoms with van der Waals surface area (Å²) < 4.78 is 35.2. The van der Waals surface area contributed by atoms with Gasteiger partial charge in [-0.3, -0.25) is 0 Å². The molecule has 1 aromatic carbocycles. The number of hydrogen-bond acceptors (Lipinski definition) is 4. The van der Waals surface area contributed by atoms with Crippen LogP contribution in [0.4, 0.5) is 19.3 Å². The SMILES string of the molecule is Cc1cc(NCc2c(F)cccc2F)c2c(Br)cn(C(=O)OC(C)(C)C)c2n1. The summed E-state index contributed by atoms with van der Waals surface area (Å²) in [5, 5.41) is 3.67. The maximum Gasteiger partial charge on any atom is 0.420 e. The van der Waals surface area contributed by atoms with Gasteiger partial charge in [-0.2, -0.15) is 0 Å². The lowest BCUT2D eigenvalue weighted by Crippen LogP contribution is -2.26. The molecule has 148 valence electrons. The van der Waals surface area contributed by atoms with Gasteiger partial charge >= 0.3 is 6.09 Å². The van der Waals surface area contributed by atoms with Crippen molar-refractivity contribution in [2.45, 2.75) is 39.8 Å². The lowest BCUT2D eigenvalue weighted by molar-refractivity contribution is 0.0543. The normalized spacial score (nSPS) is 11.7. The maximum absolute atomic E-state index is 13.9. The van der Waals surface area contributed by atoms with E-state index in [0.717, 1.165) is 0 Å². The van der Waals surface area contributed by atoms with Crippen LogP contribution >= 0.6 is 15.9 Å². The fourth-order valence-electron chi connectivity index (χ4n) is 2.78. The Labute approximate surface area is 169 Å². The Morgan fingerprint density at radius 2 is 1.93 bits per heavy atom. The molecule has 2 heterocycles. The smallest absolute Gasteiger partial charge is 0.420 e. The summed E-state index contributed by atoms with van der Waals surface area (Å²) >= 11 is 3.44. The van der Waals surface area contributed by atoms with Gasteiger partial charge in [0.15, 0.2) is 5.65 Å². The molecule has 0 saturated carbocycles. The van der Waals surface area contributed by atoms with E-state index < -0.39 is 23.3 Å². The first-order valence-electron chi connectivity index (χ1n) is 8.65. The molecule has 0 fully saturated rings. The van der Waals surface area contributed by atoms with Crippen molar-refractivity contribution in [2.24, 2.45) is 0 Å². The molecule has 3 aromatic rings.